The van der Waals surface area contributed by atoms with Gasteiger partial charge in [0.05, 0.1) is 42.5 Å². The molecular weight excluding hydrogens is 524 g/mol. The molecule has 0 amide bonds. The van der Waals surface area contributed by atoms with Crippen LogP contribution >= 0.6 is 0 Å². The minimum absolute atomic E-state index is 0.272. The largest absolute Gasteiger partial charge is 0.397 e. The van der Waals surface area contributed by atoms with Gasteiger partial charge in [0, 0.05) is 49.9 Å². The van der Waals surface area contributed by atoms with Crippen LogP contribution in [0.5, 0.6) is 0 Å². The van der Waals surface area contributed by atoms with Crippen molar-refractivity contribution in [2.75, 3.05) is 61.5 Å². The maximum absolute atomic E-state index is 14.7. The predicted molar refractivity (Wildman–Crippen MR) is 156 cm³/mol. The van der Waals surface area contributed by atoms with Gasteiger partial charge in [-0.1, -0.05) is 6.07 Å². The van der Waals surface area contributed by atoms with Gasteiger partial charge in [-0.05, 0) is 68.1 Å². The number of imidazole rings is 1. The number of morpholine rings is 1. The second-order valence-electron chi connectivity index (χ2n) is 11.3. The number of nitrogen functional groups attached to an aromatic ring is 1. The van der Waals surface area contributed by atoms with Crippen molar-refractivity contribution < 1.29 is 13.5 Å². The molecule has 1 atom stereocenters. The second kappa shape index (κ2) is 10.9. The van der Waals surface area contributed by atoms with Gasteiger partial charge in [-0.3, -0.25) is 4.90 Å². The molecule has 5 heterocycles. The Bertz CT molecular complexity index is 1550. The Morgan fingerprint density at radius 1 is 0.878 bits per heavy atom. The number of hydrogen-bond acceptors (Lipinski definition) is 7. The SMILES string of the molecule is Nc1ccc(-c2cnc3ccc(N4CCCC4c4cc(F)ccc4F)nn23)cc1N1CCC(N2CCOCC2)CC1. The molecule has 4 aromatic rings. The Labute approximate surface area is 238 Å². The molecule has 2 aromatic carbocycles. The highest BCUT2D eigenvalue weighted by Gasteiger charge is 2.30. The number of nitrogens with zero attached hydrogens (tertiary/aromatic N) is 6. The number of hydrogen-bond donors (Lipinski definition) is 1. The van der Waals surface area contributed by atoms with E-state index >= 15 is 0 Å². The third-order valence-corrected chi connectivity index (χ3v) is 8.91. The van der Waals surface area contributed by atoms with Crippen LogP contribution in [0.25, 0.3) is 16.9 Å². The Morgan fingerprint density at radius 2 is 1.71 bits per heavy atom. The molecule has 3 fully saturated rings. The summed E-state index contributed by atoms with van der Waals surface area (Å²) in [6.07, 6.45) is 5.65. The van der Waals surface area contributed by atoms with Crippen LogP contribution in [0.2, 0.25) is 0 Å². The maximum atomic E-state index is 14.7. The van der Waals surface area contributed by atoms with E-state index < -0.39 is 11.6 Å². The highest BCUT2D eigenvalue weighted by atomic mass is 19.1. The average Bonchev–Trinajstić information content (AvgIpc) is 3.67. The van der Waals surface area contributed by atoms with Crippen molar-refractivity contribution in [3.63, 3.8) is 0 Å². The molecule has 2 aromatic heterocycles. The zero-order valence-electron chi connectivity index (χ0n) is 23.1. The monoisotopic (exact) mass is 559 g/mol. The number of piperidine rings is 1. The highest BCUT2D eigenvalue weighted by Crippen LogP contribution is 2.37. The van der Waals surface area contributed by atoms with Crippen LogP contribution in [0.3, 0.4) is 0 Å². The molecule has 3 saturated heterocycles. The number of nitrogens with two attached hydrogens (primary N) is 1. The van der Waals surface area contributed by atoms with E-state index in [0.717, 1.165) is 106 Å². The van der Waals surface area contributed by atoms with Crippen molar-refractivity contribution in [1.29, 1.82) is 0 Å². The molecule has 3 aliphatic rings. The number of fused-ring (bicyclic) bond motifs is 1. The van der Waals surface area contributed by atoms with Gasteiger partial charge in [0.1, 0.15) is 17.5 Å². The summed E-state index contributed by atoms with van der Waals surface area (Å²) >= 11 is 0. The zero-order valence-corrected chi connectivity index (χ0v) is 23.1. The normalized spacial score (nSPS) is 20.8. The number of halogens is 2. The van der Waals surface area contributed by atoms with E-state index in [9.17, 15) is 8.78 Å². The van der Waals surface area contributed by atoms with Crippen LogP contribution in [0.15, 0.2) is 54.7 Å². The summed E-state index contributed by atoms with van der Waals surface area (Å²) in [6.45, 7) is 6.31. The van der Waals surface area contributed by atoms with Crippen molar-refractivity contribution in [1.82, 2.24) is 19.5 Å². The third kappa shape index (κ3) is 4.99. The quantitative estimate of drug-likeness (QED) is 0.349. The molecular formula is C31H35F2N7O. The van der Waals surface area contributed by atoms with Gasteiger partial charge in [-0.2, -0.15) is 0 Å². The minimum atomic E-state index is -0.432. The molecule has 0 aliphatic carbocycles. The lowest BCUT2D eigenvalue weighted by Crippen LogP contribution is -2.49. The molecule has 2 N–H and O–H groups in total. The number of rotatable bonds is 5. The molecule has 0 spiro atoms. The summed E-state index contributed by atoms with van der Waals surface area (Å²) in [5, 5.41) is 4.95. The fourth-order valence-electron chi connectivity index (χ4n) is 6.74. The fourth-order valence-corrected chi connectivity index (χ4v) is 6.74. The first-order valence-electron chi connectivity index (χ1n) is 14.6. The Kier molecular flexibility index (Phi) is 6.96. The number of ether oxygens (including phenoxy) is 1. The summed E-state index contributed by atoms with van der Waals surface area (Å²) in [5.74, 6) is -0.113. The van der Waals surface area contributed by atoms with Gasteiger partial charge < -0.3 is 20.3 Å². The average molecular weight is 560 g/mol. The smallest absolute Gasteiger partial charge is 0.154 e. The Hall–Kier alpha value is -3.76. The molecule has 8 nitrogen and oxygen atoms in total. The van der Waals surface area contributed by atoms with Crippen LogP contribution in [0.1, 0.15) is 37.3 Å². The minimum Gasteiger partial charge on any atom is -0.397 e. The molecule has 41 heavy (non-hydrogen) atoms. The van der Waals surface area contributed by atoms with Crippen LogP contribution in [-0.4, -0.2) is 71.5 Å². The standard InChI is InChI=1S/C31H35F2N7O/c32-22-4-5-25(33)24(19-22)27-2-1-11-39(27)31-8-7-30-35-20-29(40(30)36-31)21-3-6-26(34)28(18-21)38-12-9-23(10-13-38)37-14-16-41-17-15-37/h3-8,18-20,23,27H,1-2,9-17,34H2. The van der Waals surface area contributed by atoms with Gasteiger partial charge >= 0.3 is 0 Å². The van der Waals surface area contributed by atoms with Crippen LogP contribution < -0.4 is 15.5 Å². The summed E-state index contributed by atoms with van der Waals surface area (Å²) in [5.41, 5.74) is 11.2. The second-order valence-corrected chi connectivity index (χ2v) is 11.3. The van der Waals surface area contributed by atoms with Gasteiger partial charge in [0.2, 0.25) is 0 Å². The van der Waals surface area contributed by atoms with E-state index in [1.165, 1.54) is 12.1 Å². The molecule has 0 saturated carbocycles. The molecule has 0 radical (unpaired) electrons. The zero-order chi connectivity index (χ0) is 27.9. The highest BCUT2D eigenvalue weighted by molar-refractivity contribution is 5.76. The van der Waals surface area contributed by atoms with Crippen molar-refractivity contribution in [3.05, 3.63) is 71.9 Å². The van der Waals surface area contributed by atoms with Crippen molar-refractivity contribution >= 4 is 22.8 Å². The van der Waals surface area contributed by atoms with E-state index in [-0.39, 0.29) is 6.04 Å². The maximum Gasteiger partial charge on any atom is 0.154 e. The van der Waals surface area contributed by atoms with E-state index in [4.69, 9.17) is 15.6 Å². The van der Waals surface area contributed by atoms with Crippen molar-refractivity contribution in [2.24, 2.45) is 0 Å². The van der Waals surface area contributed by atoms with E-state index in [1.807, 2.05) is 35.0 Å². The van der Waals surface area contributed by atoms with Gasteiger partial charge in [0.15, 0.2) is 5.65 Å². The molecule has 10 heteroatoms. The summed E-state index contributed by atoms with van der Waals surface area (Å²) in [4.78, 5) is 11.6. The lowest BCUT2D eigenvalue weighted by atomic mass is 10.0. The Morgan fingerprint density at radius 3 is 2.54 bits per heavy atom. The fraction of sp³-hybridized carbons (Fsp3) is 0.419. The van der Waals surface area contributed by atoms with Crippen molar-refractivity contribution in [3.8, 4) is 11.3 Å². The number of aromatic nitrogens is 3. The first-order valence-corrected chi connectivity index (χ1v) is 14.6. The predicted octanol–water partition coefficient (Wildman–Crippen LogP) is 4.90. The van der Waals surface area contributed by atoms with E-state index in [0.29, 0.717) is 17.4 Å². The third-order valence-electron chi connectivity index (χ3n) is 8.91. The lowest BCUT2D eigenvalue weighted by molar-refractivity contribution is 0.0115. The first kappa shape index (κ1) is 26.2. The van der Waals surface area contributed by atoms with E-state index in [1.54, 1.807) is 0 Å². The number of anilines is 3. The summed E-state index contributed by atoms with van der Waals surface area (Å²) in [7, 11) is 0. The molecule has 3 aliphatic heterocycles. The van der Waals surface area contributed by atoms with Crippen LogP contribution in [0, 0.1) is 11.6 Å². The van der Waals surface area contributed by atoms with Crippen LogP contribution in [0.4, 0.5) is 26.0 Å². The molecule has 0 bridgehead atoms. The Balaban J connectivity index is 1.16. The molecule has 7 rings (SSSR count). The molecule has 214 valence electrons. The van der Waals surface area contributed by atoms with E-state index in [2.05, 4.69) is 25.8 Å². The number of benzene rings is 2. The van der Waals surface area contributed by atoms with Gasteiger partial charge in [-0.25, -0.2) is 18.3 Å². The lowest BCUT2D eigenvalue weighted by Gasteiger charge is -2.41. The van der Waals surface area contributed by atoms with Gasteiger partial charge in [-0.15, -0.1) is 5.10 Å². The molecule has 1 unspecified atom stereocenters. The van der Waals surface area contributed by atoms with Crippen LogP contribution in [-0.2, 0) is 4.74 Å². The first-order chi connectivity index (χ1) is 20.0. The van der Waals surface area contributed by atoms with Crippen molar-refractivity contribution in [2.45, 2.75) is 37.8 Å². The summed E-state index contributed by atoms with van der Waals surface area (Å²) in [6, 6.07) is 13.9. The summed E-state index contributed by atoms with van der Waals surface area (Å²) < 4.78 is 36.1. The topological polar surface area (TPSA) is 75.2 Å². The van der Waals surface area contributed by atoms with Gasteiger partial charge in [0.25, 0.3) is 0 Å².